The number of aldehydes is 1. The fraction of sp³-hybridized carbons (Fsp3) is 0.500. The maximum absolute atomic E-state index is 11.0. The number of para-hydroxylation sites is 1. The Morgan fingerprint density at radius 3 is 2.41 bits per heavy atom. The van der Waals surface area contributed by atoms with Crippen LogP contribution in [0.2, 0.25) is 0 Å². The van der Waals surface area contributed by atoms with E-state index in [0.29, 0.717) is 0 Å². The second kappa shape index (κ2) is 4.49. The number of anilines is 1. The van der Waals surface area contributed by atoms with Crippen molar-refractivity contribution in [1.29, 1.82) is 0 Å². The van der Waals surface area contributed by atoms with Gasteiger partial charge in [-0.05, 0) is 25.0 Å². The van der Waals surface area contributed by atoms with E-state index >= 15 is 0 Å². The molecular weight excluding hydrogens is 212 g/mol. The van der Waals surface area contributed by atoms with E-state index in [2.05, 4.69) is 15.9 Å². The number of rotatable bonds is 3. The summed E-state index contributed by atoms with van der Waals surface area (Å²) in [5, 5.41) is 0. The SMILES string of the molecule is O=Cc1ccccc1N1CCN(C2CC2)CC1. The molecule has 0 radical (unpaired) electrons. The standard InChI is InChI=1S/C14H18N2O/c17-11-12-3-1-2-4-14(12)16-9-7-15(8-10-16)13-5-6-13/h1-4,11,13H,5-10H2. The van der Waals surface area contributed by atoms with Gasteiger partial charge in [0.15, 0.2) is 6.29 Å². The molecule has 1 aliphatic heterocycles. The minimum atomic E-state index is 0.812. The lowest BCUT2D eigenvalue weighted by molar-refractivity contribution is 0.112. The topological polar surface area (TPSA) is 23.6 Å². The van der Waals surface area contributed by atoms with Crippen LogP contribution in [0.25, 0.3) is 0 Å². The van der Waals surface area contributed by atoms with Crippen LogP contribution in [-0.4, -0.2) is 43.4 Å². The maximum Gasteiger partial charge on any atom is 0.152 e. The fourth-order valence-electron chi connectivity index (χ4n) is 2.64. The highest BCUT2D eigenvalue weighted by Crippen LogP contribution is 2.29. The summed E-state index contributed by atoms with van der Waals surface area (Å²) in [5.41, 5.74) is 1.91. The van der Waals surface area contributed by atoms with Crippen LogP contribution in [0.1, 0.15) is 23.2 Å². The summed E-state index contributed by atoms with van der Waals surface area (Å²) in [7, 11) is 0. The van der Waals surface area contributed by atoms with Crippen molar-refractivity contribution in [2.75, 3.05) is 31.1 Å². The van der Waals surface area contributed by atoms with E-state index in [9.17, 15) is 4.79 Å². The Morgan fingerprint density at radius 1 is 1.06 bits per heavy atom. The lowest BCUT2D eigenvalue weighted by Gasteiger charge is -2.36. The van der Waals surface area contributed by atoms with Gasteiger partial charge < -0.3 is 4.90 Å². The van der Waals surface area contributed by atoms with Gasteiger partial charge in [0.05, 0.1) is 0 Å². The number of carbonyl (C=O) groups is 1. The van der Waals surface area contributed by atoms with Crippen molar-refractivity contribution >= 4 is 12.0 Å². The molecule has 0 unspecified atom stereocenters. The summed E-state index contributed by atoms with van der Waals surface area (Å²) in [4.78, 5) is 15.9. The summed E-state index contributed by atoms with van der Waals surface area (Å²) in [6, 6.07) is 8.74. The molecule has 1 saturated heterocycles. The van der Waals surface area contributed by atoms with Crippen LogP contribution in [0.5, 0.6) is 0 Å². The second-order valence-electron chi connectivity index (χ2n) is 4.93. The number of hydrogen-bond acceptors (Lipinski definition) is 3. The highest BCUT2D eigenvalue weighted by Gasteiger charge is 2.31. The summed E-state index contributed by atoms with van der Waals surface area (Å²) in [5.74, 6) is 0. The lowest BCUT2D eigenvalue weighted by Crippen LogP contribution is -2.47. The van der Waals surface area contributed by atoms with Gasteiger partial charge in [-0.15, -0.1) is 0 Å². The van der Waals surface area contributed by atoms with Crippen LogP contribution in [0, 0.1) is 0 Å². The van der Waals surface area contributed by atoms with Crippen molar-refractivity contribution in [3.63, 3.8) is 0 Å². The molecule has 0 atom stereocenters. The summed E-state index contributed by atoms with van der Waals surface area (Å²) < 4.78 is 0. The Bertz CT molecular complexity index is 406. The molecule has 1 heterocycles. The van der Waals surface area contributed by atoms with Gasteiger partial charge in [-0.25, -0.2) is 0 Å². The van der Waals surface area contributed by atoms with E-state index in [4.69, 9.17) is 0 Å². The van der Waals surface area contributed by atoms with Gasteiger partial charge in [0.1, 0.15) is 0 Å². The van der Waals surface area contributed by atoms with Gasteiger partial charge in [0.25, 0.3) is 0 Å². The molecule has 90 valence electrons. The van der Waals surface area contributed by atoms with Crippen LogP contribution in [0.15, 0.2) is 24.3 Å². The molecule has 1 aromatic carbocycles. The van der Waals surface area contributed by atoms with Crippen molar-refractivity contribution in [2.24, 2.45) is 0 Å². The van der Waals surface area contributed by atoms with Gasteiger partial charge in [-0.2, -0.15) is 0 Å². The molecule has 3 heteroatoms. The molecule has 17 heavy (non-hydrogen) atoms. The molecule has 0 spiro atoms. The molecule has 2 aliphatic rings. The first-order valence-corrected chi connectivity index (χ1v) is 6.41. The van der Waals surface area contributed by atoms with E-state index < -0.39 is 0 Å². The monoisotopic (exact) mass is 230 g/mol. The van der Waals surface area contributed by atoms with Crippen molar-refractivity contribution in [3.05, 3.63) is 29.8 Å². The third-order valence-corrected chi connectivity index (χ3v) is 3.78. The maximum atomic E-state index is 11.0. The Morgan fingerprint density at radius 2 is 1.76 bits per heavy atom. The van der Waals surface area contributed by atoms with Gasteiger partial charge in [-0.1, -0.05) is 12.1 Å². The van der Waals surface area contributed by atoms with Crippen molar-refractivity contribution < 1.29 is 4.79 Å². The van der Waals surface area contributed by atoms with E-state index in [1.54, 1.807) is 0 Å². The molecule has 0 bridgehead atoms. The zero-order chi connectivity index (χ0) is 11.7. The summed E-state index contributed by atoms with van der Waals surface area (Å²) in [6.45, 7) is 4.36. The summed E-state index contributed by atoms with van der Waals surface area (Å²) >= 11 is 0. The second-order valence-corrected chi connectivity index (χ2v) is 4.93. The predicted molar refractivity (Wildman–Crippen MR) is 68.6 cm³/mol. The molecule has 0 amide bonds. The number of piperazine rings is 1. The first-order valence-electron chi connectivity index (χ1n) is 6.41. The van der Waals surface area contributed by atoms with E-state index in [1.807, 2.05) is 18.2 Å². The highest BCUT2D eigenvalue weighted by atomic mass is 16.1. The normalized spacial score (nSPS) is 21.5. The lowest BCUT2D eigenvalue weighted by atomic mass is 10.1. The van der Waals surface area contributed by atoms with Gasteiger partial charge in [0, 0.05) is 43.5 Å². The molecule has 2 fully saturated rings. The Hall–Kier alpha value is -1.35. The molecule has 3 nitrogen and oxygen atoms in total. The number of benzene rings is 1. The smallest absolute Gasteiger partial charge is 0.152 e. The predicted octanol–water partition coefficient (Wildman–Crippen LogP) is 1.78. The van der Waals surface area contributed by atoms with E-state index in [0.717, 1.165) is 49.8 Å². The summed E-state index contributed by atoms with van der Waals surface area (Å²) in [6.07, 6.45) is 3.72. The molecule has 0 N–H and O–H groups in total. The quantitative estimate of drug-likeness (QED) is 0.740. The average molecular weight is 230 g/mol. The molecule has 1 saturated carbocycles. The largest absolute Gasteiger partial charge is 0.368 e. The zero-order valence-corrected chi connectivity index (χ0v) is 10.0. The molecule has 1 aromatic rings. The van der Waals surface area contributed by atoms with Crippen LogP contribution < -0.4 is 4.90 Å². The first kappa shape index (κ1) is 10.8. The Balaban J connectivity index is 1.70. The van der Waals surface area contributed by atoms with Gasteiger partial charge in [-0.3, -0.25) is 9.69 Å². The number of hydrogen-bond donors (Lipinski definition) is 0. The van der Waals surface area contributed by atoms with Crippen LogP contribution in [-0.2, 0) is 0 Å². The molecule has 0 aromatic heterocycles. The van der Waals surface area contributed by atoms with E-state index in [-0.39, 0.29) is 0 Å². The van der Waals surface area contributed by atoms with Crippen LogP contribution in [0.4, 0.5) is 5.69 Å². The third-order valence-electron chi connectivity index (χ3n) is 3.78. The van der Waals surface area contributed by atoms with Gasteiger partial charge >= 0.3 is 0 Å². The zero-order valence-electron chi connectivity index (χ0n) is 10.0. The molecule has 1 aliphatic carbocycles. The highest BCUT2D eigenvalue weighted by molar-refractivity contribution is 5.84. The van der Waals surface area contributed by atoms with Crippen molar-refractivity contribution in [2.45, 2.75) is 18.9 Å². The van der Waals surface area contributed by atoms with Crippen LogP contribution >= 0.6 is 0 Å². The third kappa shape index (κ3) is 2.20. The molecule has 3 rings (SSSR count). The van der Waals surface area contributed by atoms with Crippen molar-refractivity contribution in [1.82, 2.24) is 4.90 Å². The Labute approximate surface area is 102 Å². The average Bonchev–Trinajstić information content (AvgIpc) is 3.23. The van der Waals surface area contributed by atoms with E-state index in [1.165, 1.54) is 12.8 Å². The molecular formula is C14H18N2O. The minimum Gasteiger partial charge on any atom is -0.368 e. The number of nitrogens with zero attached hydrogens (tertiary/aromatic N) is 2. The first-order chi connectivity index (χ1) is 8.38. The van der Waals surface area contributed by atoms with Gasteiger partial charge in [0.2, 0.25) is 0 Å². The van der Waals surface area contributed by atoms with Crippen molar-refractivity contribution in [3.8, 4) is 0 Å². The Kier molecular flexibility index (Phi) is 2.85. The minimum absolute atomic E-state index is 0.812. The number of carbonyl (C=O) groups excluding carboxylic acids is 1. The fourth-order valence-corrected chi connectivity index (χ4v) is 2.64. The van der Waals surface area contributed by atoms with Crippen LogP contribution in [0.3, 0.4) is 0 Å².